The Labute approximate surface area is 111 Å². The van der Waals surface area contributed by atoms with Gasteiger partial charge in [0, 0.05) is 0 Å². The minimum atomic E-state index is 0.585. The van der Waals surface area contributed by atoms with Gasteiger partial charge in [-0.15, -0.1) is 0 Å². The van der Waals surface area contributed by atoms with Crippen LogP contribution in [0, 0.1) is 6.92 Å². The molecule has 2 aromatic rings. The molecule has 2 aromatic carbocycles. The number of benzene rings is 2. The van der Waals surface area contributed by atoms with Crippen LogP contribution < -0.4 is 0 Å². The molecular formula is C18H22. The van der Waals surface area contributed by atoms with Gasteiger partial charge in [0.25, 0.3) is 0 Å². The van der Waals surface area contributed by atoms with E-state index in [1.165, 1.54) is 22.3 Å². The maximum Gasteiger partial charge on any atom is -0.0147 e. The Kier molecular flexibility index (Phi) is 4.19. The van der Waals surface area contributed by atoms with E-state index in [0.29, 0.717) is 5.92 Å². The van der Waals surface area contributed by atoms with Gasteiger partial charge in [0.05, 0.1) is 0 Å². The van der Waals surface area contributed by atoms with Gasteiger partial charge < -0.3 is 0 Å². The number of rotatable bonds is 4. The van der Waals surface area contributed by atoms with Gasteiger partial charge in [-0.2, -0.15) is 0 Å². The maximum atomic E-state index is 2.33. The van der Waals surface area contributed by atoms with Gasteiger partial charge in [-0.1, -0.05) is 62.4 Å². The SMILES string of the molecule is CCc1ccccc1C(C)Cc1ccccc1C. The molecule has 0 saturated heterocycles. The van der Waals surface area contributed by atoms with Crippen LogP contribution in [0.5, 0.6) is 0 Å². The molecule has 0 radical (unpaired) electrons. The zero-order chi connectivity index (χ0) is 13.0. The summed E-state index contributed by atoms with van der Waals surface area (Å²) < 4.78 is 0. The normalized spacial score (nSPS) is 12.4. The van der Waals surface area contributed by atoms with Crippen LogP contribution in [0.15, 0.2) is 48.5 Å². The largest absolute Gasteiger partial charge is 0.0620 e. The van der Waals surface area contributed by atoms with Crippen molar-refractivity contribution in [3.8, 4) is 0 Å². The molecule has 0 saturated carbocycles. The summed E-state index contributed by atoms with van der Waals surface area (Å²) in [7, 11) is 0. The Morgan fingerprint density at radius 3 is 2.17 bits per heavy atom. The average Bonchev–Trinajstić information content (AvgIpc) is 2.41. The van der Waals surface area contributed by atoms with Crippen molar-refractivity contribution in [3.63, 3.8) is 0 Å². The van der Waals surface area contributed by atoms with E-state index in [-0.39, 0.29) is 0 Å². The van der Waals surface area contributed by atoms with Gasteiger partial charge in [-0.05, 0) is 47.9 Å². The van der Waals surface area contributed by atoms with Crippen LogP contribution in [-0.2, 0) is 12.8 Å². The fraction of sp³-hybridized carbons (Fsp3) is 0.333. The Balaban J connectivity index is 2.22. The fourth-order valence-corrected chi connectivity index (χ4v) is 2.62. The molecule has 0 aliphatic heterocycles. The first-order chi connectivity index (χ1) is 8.72. The lowest BCUT2D eigenvalue weighted by molar-refractivity contribution is 0.744. The second-order valence-corrected chi connectivity index (χ2v) is 5.08. The first-order valence-electron chi connectivity index (χ1n) is 6.84. The first-order valence-corrected chi connectivity index (χ1v) is 6.84. The van der Waals surface area contributed by atoms with Crippen molar-refractivity contribution in [2.24, 2.45) is 0 Å². The summed E-state index contributed by atoms with van der Waals surface area (Å²) in [6, 6.07) is 17.5. The van der Waals surface area contributed by atoms with Crippen LogP contribution in [0.1, 0.15) is 42.0 Å². The minimum Gasteiger partial charge on any atom is -0.0620 e. The molecule has 1 unspecified atom stereocenters. The highest BCUT2D eigenvalue weighted by Gasteiger charge is 2.10. The van der Waals surface area contributed by atoms with Crippen molar-refractivity contribution in [3.05, 3.63) is 70.8 Å². The average molecular weight is 238 g/mol. The van der Waals surface area contributed by atoms with E-state index in [4.69, 9.17) is 0 Å². The number of hydrogen-bond donors (Lipinski definition) is 0. The first kappa shape index (κ1) is 12.9. The van der Waals surface area contributed by atoms with Crippen molar-refractivity contribution in [1.82, 2.24) is 0 Å². The molecule has 94 valence electrons. The van der Waals surface area contributed by atoms with Crippen LogP contribution in [0.2, 0.25) is 0 Å². The van der Waals surface area contributed by atoms with E-state index in [1.54, 1.807) is 0 Å². The summed E-state index contributed by atoms with van der Waals surface area (Å²) >= 11 is 0. The third-order valence-corrected chi connectivity index (χ3v) is 3.75. The quantitative estimate of drug-likeness (QED) is 0.710. The smallest absolute Gasteiger partial charge is 0.0147 e. The third-order valence-electron chi connectivity index (χ3n) is 3.75. The monoisotopic (exact) mass is 238 g/mol. The van der Waals surface area contributed by atoms with Crippen LogP contribution in [0.25, 0.3) is 0 Å². The number of hydrogen-bond acceptors (Lipinski definition) is 0. The second-order valence-electron chi connectivity index (χ2n) is 5.08. The lowest BCUT2D eigenvalue weighted by atomic mass is 9.88. The van der Waals surface area contributed by atoms with Gasteiger partial charge in [-0.25, -0.2) is 0 Å². The molecule has 0 aliphatic rings. The van der Waals surface area contributed by atoms with E-state index < -0.39 is 0 Å². The Morgan fingerprint density at radius 2 is 1.50 bits per heavy atom. The summed E-state index contributed by atoms with van der Waals surface area (Å²) in [5.74, 6) is 0.585. The molecule has 0 nitrogen and oxygen atoms in total. The maximum absolute atomic E-state index is 2.33. The molecule has 0 fully saturated rings. The highest BCUT2D eigenvalue weighted by molar-refractivity contribution is 5.33. The molecule has 0 spiro atoms. The number of aryl methyl sites for hydroxylation is 2. The molecule has 0 heteroatoms. The summed E-state index contributed by atoms with van der Waals surface area (Å²) in [5, 5.41) is 0. The van der Waals surface area contributed by atoms with Crippen LogP contribution >= 0.6 is 0 Å². The van der Waals surface area contributed by atoms with E-state index in [1.807, 2.05) is 0 Å². The predicted octanol–water partition coefficient (Wildman–Crippen LogP) is 4.90. The Hall–Kier alpha value is -1.56. The van der Waals surface area contributed by atoms with Gasteiger partial charge in [0.15, 0.2) is 0 Å². The molecule has 0 aliphatic carbocycles. The van der Waals surface area contributed by atoms with E-state index in [0.717, 1.165) is 12.8 Å². The van der Waals surface area contributed by atoms with Gasteiger partial charge in [0.2, 0.25) is 0 Å². The molecule has 18 heavy (non-hydrogen) atoms. The lowest BCUT2D eigenvalue weighted by Gasteiger charge is -2.17. The molecule has 2 rings (SSSR count). The van der Waals surface area contributed by atoms with Crippen molar-refractivity contribution in [1.29, 1.82) is 0 Å². The molecular weight excluding hydrogens is 216 g/mol. The Bertz CT molecular complexity index is 511. The van der Waals surface area contributed by atoms with Gasteiger partial charge in [-0.3, -0.25) is 0 Å². The molecule has 0 bridgehead atoms. The fourth-order valence-electron chi connectivity index (χ4n) is 2.62. The second kappa shape index (κ2) is 5.86. The highest BCUT2D eigenvalue weighted by Crippen LogP contribution is 2.25. The molecule has 1 atom stereocenters. The van der Waals surface area contributed by atoms with Crippen molar-refractivity contribution in [2.45, 2.75) is 39.5 Å². The van der Waals surface area contributed by atoms with Gasteiger partial charge in [0.1, 0.15) is 0 Å². The van der Waals surface area contributed by atoms with Crippen molar-refractivity contribution < 1.29 is 0 Å². The molecule has 0 aromatic heterocycles. The topological polar surface area (TPSA) is 0 Å². The zero-order valence-corrected chi connectivity index (χ0v) is 11.6. The summed E-state index contributed by atoms with van der Waals surface area (Å²) in [6.07, 6.45) is 2.25. The lowest BCUT2D eigenvalue weighted by Crippen LogP contribution is -2.03. The van der Waals surface area contributed by atoms with Crippen LogP contribution in [0.3, 0.4) is 0 Å². The standard InChI is InChI=1S/C18H22/c1-4-16-10-7-8-12-18(16)15(3)13-17-11-6-5-9-14(17)2/h5-12,15H,4,13H2,1-3H3. The zero-order valence-electron chi connectivity index (χ0n) is 11.6. The summed E-state index contributed by atoms with van der Waals surface area (Å²) in [5.41, 5.74) is 5.86. The van der Waals surface area contributed by atoms with Crippen molar-refractivity contribution >= 4 is 0 Å². The van der Waals surface area contributed by atoms with Crippen molar-refractivity contribution in [2.75, 3.05) is 0 Å². The molecule has 0 heterocycles. The summed E-state index contributed by atoms with van der Waals surface area (Å²) in [6.45, 7) is 6.77. The summed E-state index contributed by atoms with van der Waals surface area (Å²) in [4.78, 5) is 0. The predicted molar refractivity (Wildman–Crippen MR) is 79.1 cm³/mol. The van der Waals surface area contributed by atoms with Crippen LogP contribution in [-0.4, -0.2) is 0 Å². The van der Waals surface area contributed by atoms with E-state index >= 15 is 0 Å². The Morgan fingerprint density at radius 1 is 0.889 bits per heavy atom. The molecule has 0 amide bonds. The van der Waals surface area contributed by atoms with E-state index in [2.05, 4.69) is 69.3 Å². The van der Waals surface area contributed by atoms with E-state index in [9.17, 15) is 0 Å². The molecule has 0 N–H and O–H groups in total. The van der Waals surface area contributed by atoms with Crippen LogP contribution in [0.4, 0.5) is 0 Å². The minimum absolute atomic E-state index is 0.585. The van der Waals surface area contributed by atoms with Gasteiger partial charge >= 0.3 is 0 Å². The highest BCUT2D eigenvalue weighted by atomic mass is 14.2. The third kappa shape index (κ3) is 2.81.